The van der Waals surface area contributed by atoms with Crippen LogP contribution in [0.1, 0.15) is 5.56 Å². The van der Waals surface area contributed by atoms with Crippen LogP contribution in [0.2, 0.25) is 0 Å². The Kier molecular flexibility index (Phi) is 4.72. The van der Waals surface area contributed by atoms with Crippen LogP contribution in [0.15, 0.2) is 61.2 Å². The molecule has 4 heteroatoms. The number of anilines is 2. The Hall–Kier alpha value is -2.62. The standard InChI is InChI=1S/C17H17FN2O/c1-3-17(21)19-12-13-9-10-16(15(18)11-13)20(2)14-7-5-4-6-8-14/h3-11H,1,12H2,2H3,(H,19,21). The van der Waals surface area contributed by atoms with Gasteiger partial charge in [0.05, 0.1) is 5.69 Å². The summed E-state index contributed by atoms with van der Waals surface area (Å²) in [5, 5.41) is 2.62. The van der Waals surface area contributed by atoms with Crippen LogP contribution >= 0.6 is 0 Å². The van der Waals surface area contributed by atoms with Crippen molar-refractivity contribution in [3.63, 3.8) is 0 Å². The largest absolute Gasteiger partial charge is 0.348 e. The summed E-state index contributed by atoms with van der Waals surface area (Å²) in [5.74, 6) is -0.604. The molecule has 0 saturated heterocycles. The summed E-state index contributed by atoms with van der Waals surface area (Å²) < 4.78 is 14.2. The molecule has 108 valence electrons. The molecule has 0 aliphatic rings. The van der Waals surface area contributed by atoms with Crippen LogP contribution in [0, 0.1) is 5.82 Å². The third-order valence-electron chi connectivity index (χ3n) is 3.17. The lowest BCUT2D eigenvalue weighted by molar-refractivity contribution is -0.116. The van der Waals surface area contributed by atoms with Gasteiger partial charge in [0.15, 0.2) is 0 Å². The monoisotopic (exact) mass is 284 g/mol. The quantitative estimate of drug-likeness (QED) is 0.854. The van der Waals surface area contributed by atoms with Crippen molar-refractivity contribution in [2.45, 2.75) is 6.54 Å². The molecule has 2 aromatic carbocycles. The normalized spacial score (nSPS) is 10.0. The van der Waals surface area contributed by atoms with Crippen molar-refractivity contribution >= 4 is 17.3 Å². The van der Waals surface area contributed by atoms with Gasteiger partial charge in [-0.15, -0.1) is 0 Å². The zero-order chi connectivity index (χ0) is 15.2. The molecule has 21 heavy (non-hydrogen) atoms. The van der Waals surface area contributed by atoms with Crippen LogP contribution in [0.5, 0.6) is 0 Å². The molecule has 2 rings (SSSR count). The predicted molar refractivity (Wildman–Crippen MR) is 82.9 cm³/mol. The Morgan fingerprint density at radius 2 is 2.00 bits per heavy atom. The van der Waals surface area contributed by atoms with Gasteiger partial charge in [-0.05, 0) is 35.9 Å². The molecule has 1 amide bonds. The van der Waals surface area contributed by atoms with Crippen LogP contribution in [-0.4, -0.2) is 13.0 Å². The van der Waals surface area contributed by atoms with Gasteiger partial charge < -0.3 is 10.2 Å². The van der Waals surface area contributed by atoms with Gasteiger partial charge in [0.2, 0.25) is 5.91 Å². The van der Waals surface area contributed by atoms with E-state index in [1.54, 1.807) is 17.0 Å². The van der Waals surface area contributed by atoms with Gasteiger partial charge in [-0.1, -0.05) is 30.8 Å². The fourth-order valence-electron chi connectivity index (χ4n) is 1.98. The average Bonchev–Trinajstić information content (AvgIpc) is 2.53. The summed E-state index contributed by atoms with van der Waals surface area (Å²) in [6, 6.07) is 14.5. The highest BCUT2D eigenvalue weighted by molar-refractivity contribution is 5.86. The Morgan fingerprint density at radius 1 is 1.29 bits per heavy atom. The second kappa shape index (κ2) is 6.70. The summed E-state index contributed by atoms with van der Waals surface area (Å²) in [4.78, 5) is 12.9. The second-order valence-electron chi connectivity index (χ2n) is 4.60. The van der Waals surface area contributed by atoms with E-state index in [9.17, 15) is 9.18 Å². The number of hydrogen-bond acceptors (Lipinski definition) is 2. The highest BCUT2D eigenvalue weighted by atomic mass is 19.1. The van der Waals surface area contributed by atoms with Crippen molar-refractivity contribution in [3.8, 4) is 0 Å². The fourth-order valence-corrected chi connectivity index (χ4v) is 1.98. The van der Waals surface area contributed by atoms with Gasteiger partial charge in [-0.2, -0.15) is 0 Å². The lowest BCUT2D eigenvalue weighted by Crippen LogP contribution is -2.20. The number of benzene rings is 2. The molecule has 0 spiro atoms. The lowest BCUT2D eigenvalue weighted by Gasteiger charge is -2.20. The Morgan fingerprint density at radius 3 is 2.62 bits per heavy atom. The molecule has 0 aromatic heterocycles. The first kappa shape index (κ1) is 14.8. The smallest absolute Gasteiger partial charge is 0.243 e. The number of carbonyl (C=O) groups is 1. The summed E-state index contributed by atoms with van der Waals surface area (Å²) in [6.45, 7) is 3.64. The minimum absolute atomic E-state index is 0.275. The molecular formula is C17H17FN2O. The molecule has 0 aliphatic heterocycles. The molecule has 1 N–H and O–H groups in total. The summed E-state index contributed by atoms with van der Waals surface area (Å²) in [7, 11) is 1.81. The van der Waals surface area contributed by atoms with E-state index in [0.29, 0.717) is 11.3 Å². The molecule has 0 atom stereocenters. The van der Waals surface area contributed by atoms with E-state index in [4.69, 9.17) is 0 Å². The van der Waals surface area contributed by atoms with Gasteiger partial charge >= 0.3 is 0 Å². The van der Waals surface area contributed by atoms with E-state index in [1.807, 2.05) is 37.4 Å². The zero-order valence-corrected chi connectivity index (χ0v) is 11.8. The van der Waals surface area contributed by atoms with Crippen molar-refractivity contribution in [2.24, 2.45) is 0 Å². The van der Waals surface area contributed by atoms with Gasteiger partial charge in [0.1, 0.15) is 5.82 Å². The number of nitrogens with zero attached hydrogens (tertiary/aromatic N) is 1. The first-order valence-corrected chi connectivity index (χ1v) is 6.59. The number of hydrogen-bond donors (Lipinski definition) is 1. The van der Waals surface area contributed by atoms with Crippen molar-refractivity contribution in [3.05, 3.63) is 72.6 Å². The Balaban J connectivity index is 2.16. The first-order valence-electron chi connectivity index (χ1n) is 6.59. The minimum atomic E-state index is -0.327. The number of amides is 1. The third-order valence-corrected chi connectivity index (χ3v) is 3.17. The number of nitrogens with one attached hydrogen (secondary N) is 1. The summed E-state index contributed by atoms with van der Waals surface area (Å²) >= 11 is 0. The van der Waals surface area contributed by atoms with E-state index in [2.05, 4.69) is 11.9 Å². The number of carbonyl (C=O) groups excluding carboxylic acids is 1. The van der Waals surface area contributed by atoms with Crippen LogP contribution in [0.25, 0.3) is 0 Å². The minimum Gasteiger partial charge on any atom is -0.348 e. The molecule has 0 saturated carbocycles. The van der Waals surface area contributed by atoms with Crippen molar-refractivity contribution in [2.75, 3.05) is 11.9 Å². The van der Waals surface area contributed by atoms with Crippen LogP contribution < -0.4 is 10.2 Å². The SMILES string of the molecule is C=CC(=O)NCc1ccc(N(C)c2ccccc2)c(F)c1. The number of para-hydroxylation sites is 1. The first-order chi connectivity index (χ1) is 10.1. The molecule has 0 heterocycles. The zero-order valence-electron chi connectivity index (χ0n) is 11.8. The fraction of sp³-hybridized carbons (Fsp3) is 0.118. The van der Waals surface area contributed by atoms with Gasteiger partial charge in [0, 0.05) is 19.3 Å². The topological polar surface area (TPSA) is 32.3 Å². The summed E-state index contributed by atoms with van der Waals surface area (Å²) in [5.41, 5.74) is 2.09. The Labute approximate surface area is 123 Å². The molecule has 0 bridgehead atoms. The molecule has 2 aromatic rings. The molecular weight excluding hydrogens is 267 g/mol. The maximum absolute atomic E-state index is 14.2. The van der Waals surface area contributed by atoms with Crippen LogP contribution in [0.4, 0.5) is 15.8 Å². The molecule has 0 aliphatic carbocycles. The van der Waals surface area contributed by atoms with E-state index in [-0.39, 0.29) is 18.3 Å². The van der Waals surface area contributed by atoms with E-state index in [1.165, 1.54) is 12.1 Å². The van der Waals surface area contributed by atoms with Crippen molar-refractivity contribution in [1.29, 1.82) is 0 Å². The molecule has 0 unspecified atom stereocenters. The number of halogens is 1. The third kappa shape index (κ3) is 3.69. The maximum atomic E-state index is 14.2. The lowest BCUT2D eigenvalue weighted by atomic mass is 10.1. The van der Waals surface area contributed by atoms with Crippen LogP contribution in [-0.2, 0) is 11.3 Å². The predicted octanol–water partition coefficient (Wildman–Crippen LogP) is 3.40. The van der Waals surface area contributed by atoms with E-state index in [0.717, 1.165) is 5.69 Å². The van der Waals surface area contributed by atoms with Crippen molar-refractivity contribution < 1.29 is 9.18 Å². The van der Waals surface area contributed by atoms with Crippen molar-refractivity contribution in [1.82, 2.24) is 5.32 Å². The summed E-state index contributed by atoms with van der Waals surface area (Å²) in [6.07, 6.45) is 1.19. The van der Waals surface area contributed by atoms with Crippen LogP contribution in [0.3, 0.4) is 0 Å². The number of rotatable bonds is 5. The molecule has 0 fully saturated rings. The highest BCUT2D eigenvalue weighted by Crippen LogP contribution is 2.26. The van der Waals surface area contributed by atoms with Gasteiger partial charge in [0.25, 0.3) is 0 Å². The molecule has 3 nitrogen and oxygen atoms in total. The van der Waals surface area contributed by atoms with Gasteiger partial charge in [-0.3, -0.25) is 4.79 Å². The van der Waals surface area contributed by atoms with E-state index >= 15 is 0 Å². The van der Waals surface area contributed by atoms with E-state index < -0.39 is 0 Å². The maximum Gasteiger partial charge on any atom is 0.243 e. The second-order valence-corrected chi connectivity index (χ2v) is 4.60. The molecule has 0 radical (unpaired) electrons. The van der Waals surface area contributed by atoms with Gasteiger partial charge in [-0.25, -0.2) is 4.39 Å². The Bertz CT molecular complexity index is 640. The average molecular weight is 284 g/mol. The highest BCUT2D eigenvalue weighted by Gasteiger charge is 2.10.